The molecule has 11 atom stereocenters. The van der Waals surface area contributed by atoms with Crippen LogP contribution in [0.4, 0.5) is 11.9 Å². The van der Waals surface area contributed by atoms with Crippen molar-refractivity contribution in [3.63, 3.8) is 0 Å². The van der Waals surface area contributed by atoms with Gasteiger partial charge in [-0.25, -0.2) is 13.7 Å². The molecule has 2 fully saturated rings. The number of nitrogens with zero attached hydrogens (tertiary/aromatic N) is 4. The van der Waals surface area contributed by atoms with Crippen LogP contribution in [0.5, 0.6) is 0 Å². The number of phosphoric ester groups is 2. The molecule has 0 spiro atoms. The highest BCUT2D eigenvalue weighted by Gasteiger charge is 2.49. The molecule has 13 N–H and O–H groups in total. The third-order valence-corrected chi connectivity index (χ3v) is 12.2. The van der Waals surface area contributed by atoms with Gasteiger partial charge in [-0.15, -0.1) is 0 Å². The lowest BCUT2D eigenvalue weighted by atomic mass is 10.1. The van der Waals surface area contributed by atoms with Crippen LogP contribution in [-0.4, -0.2) is 114 Å². The summed E-state index contributed by atoms with van der Waals surface area (Å²) in [6, 6.07) is 1.32. The molecule has 4 aromatic heterocycles. The number of fused-ring (bicyclic) bond motifs is 2. The van der Waals surface area contributed by atoms with Crippen molar-refractivity contribution in [1.82, 2.24) is 29.1 Å². The second-order valence-electron chi connectivity index (χ2n) is 11.5. The molecular weight excluding hydrogens is 769 g/mol. The largest absolute Gasteiger partial charge is 0.490 e. The van der Waals surface area contributed by atoms with E-state index in [0.717, 1.165) is 4.57 Å². The van der Waals surface area contributed by atoms with E-state index in [2.05, 4.69) is 37.6 Å². The lowest BCUT2D eigenvalue weighted by Crippen LogP contribution is -2.33. The molecule has 0 aliphatic carbocycles. The second-order valence-corrected chi connectivity index (χ2v) is 16.2. The first kappa shape index (κ1) is 38.3. The Labute approximate surface area is 287 Å². The zero-order valence-electron chi connectivity index (χ0n) is 26.2. The molecule has 52 heavy (non-hydrogen) atoms. The van der Waals surface area contributed by atoms with Crippen LogP contribution in [0.3, 0.4) is 0 Å². The molecule has 2 saturated heterocycles. The number of anilines is 2. The van der Waals surface area contributed by atoms with Gasteiger partial charge in [0.1, 0.15) is 36.6 Å². The van der Waals surface area contributed by atoms with Crippen LogP contribution >= 0.6 is 23.5 Å². The average molecular weight is 800 g/mol. The molecule has 6 heterocycles. The minimum Gasteiger partial charge on any atom is -0.387 e. The minimum absolute atomic E-state index is 0.0259. The number of H-pyrrole nitrogens is 2. The number of aromatic amines is 2. The zero-order chi connectivity index (χ0) is 38.1. The molecule has 0 radical (unpaired) electrons. The molecule has 286 valence electrons. The van der Waals surface area contributed by atoms with Gasteiger partial charge in [0.15, 0.2) is 23.8 Å². The van der Waals surface area contributed by atoms with Crippen LogP contribution in [0, 0.1) is 6.92 Å². The Morgan fingerprint density at radius 1 is 0.769 bits per heavy atom. The molecule has 26 nitrogen and oxygen atoms in total. The van der Waals surface area contributed by atoms with Crippen LogP contribution < -0.4 is 22.6 Å². The lowest BCUT2D eigenvalue weighted by molar-refractivity contribution is -0.0508. The molecule has 2 aliphatic rings. The van der Waals surface area contributed by atoms with Gasteiger partial charge in [-0.05, 0) is 18.6 Å². The summed E-state index contributed by atoms with van der Waals surface area (Å²) in [6.45, 7) is -0.594. The van der Waals surface area contributed by atoms with E-state index in [1.54, 1.807) is 6.92 Å². The third-order valence-electron chi connectivity index (χ3n) is 7.93. The van der Waals surface area contributed by atoms with E-state index in [-0.39, 0.29) is 34.0 Å². The van der Waals surface area contributed by atoms with Gasteiger partial charge in [0, 0.05) is 12.4 Å². The number of aliphatic hydroxyl groups excluding tert-OH is 4. The summed E-state index contributed by atoms with van der Waals surface area (Å²) >= 11 is 0. The first-order valence-electron chi connectivity index (χ1n) is 14.6. The van der Waals surface area contributed by atoms with E-state index >= 15 is 0 Å². The van der Waals surface area contributed by atoms with Gasteiger partial charge in [0.2, 0.25) is 11.9 Å². The maximum absolute atomic E-state index is 12.5. The predicted molar refractivity (Wildman–Crippen MR) is 170 cm³/mol. The Bertz CT molecular complexity index is 2280. The molecule has 6 rings (SSSR count). The van der Waals surface area contributed by atoms with Gasteiger partial charge < -0.3 is 65.2 Å². The van der Waals surface area contributed by atoms with Crippen molar-refractivity contribution in [2.75, 3.05) is 24.7 Å². The fourth-order valence-corrected chi connectivity index (χ4v) is 9.19. The van der Waals surface area contributed by atoms with Crippen molar-refractivity contribution in [2.24, 2.45) is 0 Å². The van der Waals surface area contributed by atoms with Gasteiger partial charge in [-0.1, -0.05) is 0 Å². The van der Waals surface area contributed by atoms with Crippen molar-refractivity contribution < 1.29 is 75.9 Å². The maximum Gasteiger partial charge on any atom is 0.490 e. The first-order valence-corrected chi connectivity index (χ1v) is 19.1. The van der Waals surface area contributed by atoms with Gasteiger partial charge >= 0.3 is 23.5 Å². The molecule has 4 aromatic rings. The third kappa shape index (κ3) is 7.51. The summed E-state index contributed by atoms with van der Waals surface area (Å²) in [6.07, 6.45) is -10.4. The second kappa shape index (κ2) is 13.8. The molecule has 0 amide bonds. The number of aryl methyl sites for hydroxylation is 1. The molecule has 0 bridgehead atoms. The topological polar surface area (TPSA) is 402 Å². The van der Waals surface area contributed by atoms with Crippen molar-refractivity contribution in [1.29, 1.82) is 0 Å². The van der Waals surface area contributed by atoms with Crippen LogP contribution in [0.15, 0.2) is 28.0 Å². The number of nitrogens with two attached hydrogens (primary N) is 2. The molecular formula is C23H31N8O18P3. The Balaban J connectivity index is 1.05. The zero-order valence-corrected chi connectivity index (χ0v) is 28.9. The van der Waals surface area contributed by atoms with Gasteiger partial charge in [0.05, 0.1) is 24.0 Å². The Hall–Kier alpha value is -3.39. The number of hydrogen-bond donors (Lipinski definition) is 11. The first-order chi connectivity index (χ1) is 24.2. The minimum atomic E-state index is -5.99. The molecule has 29 heteroatoms. The number of ether oxygens (including phenoxy) is 2. The van der Waals surface area contributed by atoms with Gasteiger partial charge in [-0.2, -0.15) is 18.6 Å². The Morgan fingerprint density at radius 3 is 1.79 bits per heavy atom. The highest BCUT2D eigenvalue weighted by molar-refractivity contribution is 7.66. The van der Waals surface area contributed by atoms with Crippen LogP contribution in [0.2, 0.25) is 0 Å². The van der Waals surface area contributed by atoms with Crippen LogP contribution in [0.1, 0.15) is 18.0 Å². The summed E-state index contributed by atoms with van der Waals surface area (Å²) in [5, 5.41) is 42.3. The van der Waals surface area contributed by atoms with E-state index in [9.17, 15) is 58.4 Å². The Morgan fingerprint density at radius 2 is 1.25 bits per heavy atom. The standard InChI is InChI=1S/C23H31N8O18P3/c1-7-4-31(17-11(7)19(37)29-23(25)27-17)21-15(35)13(33)10(47-21)6-45-51(40,41)49-52(42,43)48-50(38,39)44-5-9-12(32)14(34)20(46-9)30-3-2-8-16(30)26-22(24)28-18(8)36/h2-4,9-10,12-15,20-21,32-35H,5-6H2,1H3,(H,38,39)(H,40,41)(H,42,43)(H3,24,26,28,36)(H3,25,27,29,37)/t9-,10-,12?,13?,14+,15?,20-,21-/m1/s1. The van der Waals surface area contributed by atoms with Gasteiger partial charge in [-0.3, -0.25) is 28.6 Å². The summed E-state index contributed by atoms with van der Waals surface area (Å²) in [5.41, 5.74) is 10.3. The van der Waals surface area contributed by atoms with E-state index < -0.39 is 96.9 Å². The smallest absolute Gasteiger partial charge is 0.387 e. The van der Waals surface area contributed by atoms with E-state index in [1.807, 2.05) is 0 Å². The number of phosphoric acid groups is 3. The summed E-state index contributed by atoms with van der Waals surface area (Å²) in [4.78, 5) is 67.0. The van der Waals surface area contributed by atoms with Gasteiger partial charge in [0.25, 0.3) is 11.1 Å². The van der Waals surface area contributed by atoms with Crippen LogP contribution in [-0.2, 0) is 40.8 Å². The number of hydrogen-bond acceptors (Lipinski definition) is 19. The van der Waals surface area contributed by atoms with Crippen molar-refractivity contribution in [3.05, 3.63) is 44.7 Å². The summed E-state index contributed by atoms with van der Waals surface area (Å²) < 4.78 is 68.1. The summed E-state index contributed by atoms with van der Waals surface area (Å²) in [7, 11) is -17.3. The number of nitrogen functional groups attached to an aromatic ring is 2. The highest BCUT2D eigenvalue weighted by Crippen LogP contribution is 2.67. The van der Waals surface area contributed by atoms with Crippen LogP contribution in [0.25, 0.3) is 22.1 Å². The number of rotatable bonds is 12. The fraction of sp³-hybridized carbons (Fsp3) is 0.478. The fourth-order valence-electron chi connectivity index (χ4n) is 5.67. The molecule has 2 aliphatic heterocycles. The quantitative estimate of drug-likeness (QED) is 0.0662. The van der Waals surface area contributed by atoms with Crippen molar-refractivity contribution in [2.45, 2.75) is 56.0 Å². The average Bonchev–Trinajstić information content (AvgIpc) is 3.74. The lowest BCUT2D eigenvalue weighted by Gasteiger charge is -2.21. The molecule has 0 saturated carbocycles. The maximum atomic E-state index is 12.5. The summed E-state index contributed by atoms with van der Waals surface area (Å²) in [5.74, 6) is -0.534. The van der Waals surface area contributed by atoms with E-state index in [1.165, 1.54) is 23.0 Å². The van der Waals surface area contributed by atoms with E-state index in [4.69, 9.17) is 20.9 Å². The number of aromatic nitrogens is 6. The van der Waals surface area contributed by atoms with Crippen molar-refractivity contribution >= 4 is 57.4 Å². The van der Waals surface area contributed by atoms with Crippen molar-refractivity contribution in [3.8, 4) is 0 Å². The molecule has 6 unspecified atom stereocenters. The number of nitrogens with one attached hydrogen (secondary N) is 2. The predicted octanol–water partition coefficient (Wildman–Crippen LogP) is -2.46. The molecule has 0 aromatic carbocycles. The number of aliphatic hydroxyl groups is 4. The normalized spacial score (nSPS) is 30.1. The van der Waals surface area contributed by atoms with E-state index in [0.29, 0.717) is 5.56 Å². The SMILES string of the molecule is Cc1cn([C@@H]2O[C@H](COP(=O)(O)OP(=O)(O)OP(=O)(O)OC[C@H]3O[C@@H](n4ccc5c(=O)[nH]c(N)nc54)[C@@H](O)C3O)C(O)C2O)c2nc(N)[nH]c(=O)c12. The Kier molecular flexibility index (Phi) is 10.2. The highest BCUT2D eigenvalue weighted by atomic mass is 31.3. The monoisotopic (exact) mass is 800 g/mol.